The minimum atomic E-state index is -0.0105. The first-order valence-electron chi connectivity index (χ1n) is 5.62. The number of hydrogen-bond donors (Lipinski definition) is 1. The molecule has 84 valence electrons. The van der Waals surface area contributed by atoms with Crippen molar-refractivity contribution in [1.29, 1.82) is 5.26 Å². The summed E-state index contributed by atoms with van der Waals surface area (Å²) >= 11 is 0. The smallest absolute Gasteiger partial charge is 0.227 e. The van der Waals surface area contributed by atoms with Crippen molar-refractivity contribution in [2.45, 2.75) is 38.6 Å². The van der Waals surface area contributed by atoms with Gasteiger partial charge in [-0.2, -0.15) is 5.26 Å². The zero-order valence-corrected chi connectivity index (χ0v) is 9.28. The van der Waals surface area contributed by atoms with Crippen LogP contribution in [0.15, 0.2) is 0 Å². The van der Waals surface area contributed by atoms with Gasteiger partial charge in [0.05, 0.1) is 18.4 Å². The number of hydrogen-bond acceptors (Lipinski definition) is 3. The summed E-state index contributed by atoms with van der Waals surface area (Å²) in [7, 11) is 0. The summed E-state index contributed by atoms with van der Waals surface area (Å²) in [5.41, 5.74) is 5.89. The summed E-state index contributed by atoms with van der Waals surface area (Å²) in [5, 5.41) is 8.50. The van der Waals surface area contributed by atoms with E-state index in [4.69, 9.17) is 11.0 Å². The Bertz CT molecular complexity index is 259. The molecule has 2 atom stereocenters. The van der Waals surface area contributed by atoms with Crippen molar-refractivity contribution in [2.75, 3.05) is 13.1 Å². The maximum atomic E-state index is 12.0. The molecule has 0 spiro atoms. The zero-order valence-electron chi connectivity index (χ0n) is 9.28. The van der Waals surface area contributed by atoms with E-state index in [2.05, 4.69) is 6.07 Å². The molecule has 0 aromatic heterocycles. The molecule has 4 heteroatoms. The highest BCUT2D eigenvalue weighted by atomic mass is 16.2. The van der Waals surface area contributed by atoms with E-state index < -0.39 is 0 Å². The summed E-state index contributed by atoms with van der Waals surface area (Å²) in [5.74, 6) is 0.126. The predicted octanol–water partition coefficient (Wildman–Crippen LogP) is 0.876. The second-order valence-electron chi connectivity index (χ2n) is 4.03. The van der Waals surface area contributed by atoms with Crippen molar-refractivity contribution in [3.05, 3.63) is 0 Å². The monoisotopic (exact) mass is 209 g/mol. The van der Waals surface area contributed by atoms with E-state index in [9.17, 15) is 4.79 Å². The van der Waals surface area contributed by atoms with Gasteiger partial charge in [-0.15, -0.1) is 0 Å². The van der Waals surface area contributed by atoms with E-state index in [1.807, 2.05) is 6.92 Å². The SMILES string of the molecule is CCN(CCC#N)C(=O)C1CCCC1N. The van der Waals surface area contributed by atoms with Crippen molar-refractivity contribution >= 4 is 5.91 Å². The first-order chi connectivity index (χ1) is 7.20. The molecule has 0 heterocycles. The Kier molecular flexibility index (Phi) is 4.57. The third kappa shape index (κ3) is 2.93. The van der Waals surface area contributed by atoms with Crippen molar-refractivity contribution < 1.29 is 4.79 Å². The van der Waals surface area contributed by atoms with Crippen LogP contribution in [-0.2, 0) is 4.79 Å². The van der Waals surface area contributed by atoms with Crippen LogP contribution in [0.1, 0.15) is 32.6 Å². The molecule has 1 aliphatic rings. The van der Waals surface area contributed by atoms with E-state index in [0.717, 1.165) is 19.3 Å². The maximum Gasteiger partial charge on any atom is 0.227 e. The second kappa shape index (κ2) is 5.72. The quantitative estimate of drug-likeness (QED) is 0.747. The summed E-state index contributed by atoms with van der Waals surface area (Å²) in [6.45, 7) is 3.15. The van der Waals surface area contributed by atoms with E-state index >= 15 is 0 Å². The van der Waals surface area contributed by atoms with Gasteiger partial charge in [0.2, 0.25) is 5.91 Å². The Labute approximate surface area is 91.0 Å². The van der Waals surface area contributed by atoms with Crippen LogP contribution in [0.2, 0.25) is 0 Å². The Morgan fingerprint density at radius 1 is 1.60 bits per heavy atom. The van der Waals surface area contributed by atoms with Crippen molar-refractivity contribution in [3.63, 3.8) is 0 Å². The number of carbonyl (C=O) groups excluding carboxylic acids is 1. The first-order valence-corrected chi connectivity index (χ1v) is 5.62. The first kappa shape index (κ1) is 12.0. The van der Waals surface area contributed by atoms with Gasteiger partial charge in [0.1, 0.15) is 0 Å². The molecule has 1 amide bonds. The highest BCUT2D eigenvalue weighted by Crippen LogP contribution is 2.25. The molecule has 0 bridgehead atoms. The molecule has 1 aliphatic carbocycles. The fraction of sp³-hybridized carbons (Fsp3) is 0.818. The largest absolute Gasteiger partial charge is 0.342 e. The third-order valence-electron chi connectivity index (χ3n) is 3.07. The predicted molar refractivity (Wildman–Crippen MR) is 57.8 cm³/mol. The molecule has 1 saturated carbocycles. The third-order valence-corrected chi connectivity index (χ3v) is 3.07. The molecule has 0 aromatic rings. The van der Waals surface area contributed by atoms with E-state index in [0.29, 0.717) is 19.5 Å². The number of amides is 1. The Hall–Kier alpha value is -1.08. The van der Waals surface area contributed by atoms with Gasteiger partial charge in [0, 0.05) is 19.1 Å². The normalized spacial score (nSPS) is 24.9. The lowest BCUT2D eigenvalue weighted by molar-refractivity contribution is -0.135. The standard InChI is InChI=1S/C11H19N3O/c1-2-14(8-4-7-12)11(15)9-5-3-6-10(9)13/h9-10H,2-6,8,13H2,1H3. The molecule has 0 radical (unpaired) electrons. The van der Waals surface area contributed by atoms with Crippen LogP contribution in [0.25, 0.3) is 0 Å². The van der Waals surface area contributed by atoms with Gasteiger partial charge < -0.3 is 10.6 Å². The molecular formula is C11H19N3O. The van der Waals surface area contributed by atoms with Crippen molar-refractivity contribution in [1.82, 2.24) is 4.90 Å². The van der Waals surface area contributed by atoms with Crippen LogP contribution >= 0.6 is 0 Å². The molecule has 2 N–H and O–H groups in total. The highest BCUT2D eigenvalue weighted by Gasteiger charge is 2.32. The van der Waals surface area contributed by atoms with Crippen LogP contribution in [0, 0.1) is 17.2 Å². The molecule has 0 aliphatic heterocycles. The number of rotatable bonds is 4. The van der Waals surface area contributed by atoms with Crippen molar-refractivity contribution in [3.8, 4) is 6.07 Å². The fourth-order valence-electron chi connectivity index (χ4n) is 2.14. The Balaban J connectivity index is 2.52. The number of nitriles is 1. The van der Waals surface area contributed by atoms with Gasteiger partial charge >= 0.3 is 0 Å². The molecular weight excluding hydrogens is 190 g/mol. The average Bonchev–Trinajstić information content (AvgIpc) is 2.65. The van der Waals surface area contributed by atoms with Crippen LogP contribution in [0.4, 0.5) is 0 Å². The van der Waals surface area contributed by atoms with Gasteiger partial charge in [-0.3, -0.25) is 4.79 Å². The lowest BCUT2D eigenvalue weighted by Gasteiger charge is -2.25. The maximum absolute atomic E-state index is 12.0. The minimum absolute atomic E-state index is 0.0105. The fourth-order valence-corrected chi connectivity index (χ4v) is 2.14. The van der Waals surface area contributed by atoms with Crippen molar-refractivity contribution in [2.24, 2.45) is 11.7 Å². The topological polar surface area (TPSA) is 70.1 Å². The lowest BCUT2D eigenvalue weighted by Crippen LogP contribution is -2.42. The van der Waals surface area contributed by atoms with Gasteiger partial charge in [0.15, 0.2) is 0 Å². The van der Waals surface area contributed by atoms with Crippen LogP contribution in [-0.4, -0.2) is 29.9 Å². The molecule has 1 rings (SSSR count). The molecule has 2 unspecified atom stereocenters. The molecule has 1 fully saturated rings. The minimum Gasteiger partial charge on any atom is -0.342 e. The second-order valence-corrected chi connectivity index (χ2v) is 4.03. The van der Waals surface area contributed by atoms with Crippen LogP contribution < -0.4 is 5.73 Å². The van der Waals surface area contributed by atoms with E-state index in [1.165, 1.54) is 0 Å². The molecule has 0 aromatic carbocycles. The highest BCUT2D eigenvalue weighted by molar-refractivity contribution is 5.79. The number of nitrogens with zero attached hydrogens (tertiary/aromatic N) is 2. The summed E-state index contributed by atoms with van der Waals surface area (Å²) in [6, 6.07) is 2.09. The van der Waals surface area contributed by atoms with Crippen LogP contribution in [0.5, 0.6) is 0 Å². The van der Waals surface area contributed by atoms with E-state index in [-0.39, 0.29) is 17.9 Å². The van der Waals surface area contributed by atoms with Gasteiger partial charge in [0.25, 0.3) is 0 Å². The molecule has 0 saturated heterocycles. The summed E-state index contributed by atoms with van der Waals surface area (Å²) in [4.78, 5) is 13.8. The molecule has 4 nitrogen and oxygen atoms in total. The Morgan fingerprint density at radius 3 is 2.80 bits per heavy atom. The van der Waals surface area contributed by atoms with Crippen LogP contribution in [0.3, 0.4) is 0 Å². The lowest BCUT2D eigenvalue weighted by atomic mass is 10.0. The summed E-state index contributed by atoms with van der Waals surface area (Å²) in [6.07, 6.45) is 3.31. The average molecular weight is 209 g/mol. The summed E-state index contributed by atoms with van der Waals surface area (Å²) < 4.78 is 0. The van der Waals surface area contributed by atoms with Gasteiger partial charge in [-0.05, 0) is 19.8 Å². The number of carbonyl (C=O) groups is 1. The zero-order chi connectivity index (χ0) is 11.3. The van der Waals surface area contributed by atoms with Gasteiger partial charge in [-0.1, -0.05) is 6.42 Å². The van der Waals surface area contributed by atoms with Gasteiger partial charge in [-0.25, -0.2) is 0 Å². The Morgan fingerprint density at radius 2 is 2.33 bits per heavy atom. The van der Waals surface area contributed by atoms with E-state index in [1.54, 1.807) is 4.90 Å². The number of nitrogens with two attached hydrogens (primary N) is 1. The molecule has 15 heavy (non-hydrogen) atoms.